The van der Waals surface area contributed by atoms with Crippen LogP contribution in [0.15, 0.2) is 48.5 Å². The van der Waals surface area contributed by atoms with Crippen LogP contribution < -0.4 is 4.72 Å². The third kappa shape index (κ3) is 5.60. The van der Waals surface area contributed by atoms with Gasteiger partial charge in [0.15, 0.2) is 0 Å². The Labute approximate surface area is 149 Å². The van der Waals surface area contributed by atoms with Crippen LogP contribution in [0.3, 0.4) is 0 Å². The van der Waals surface area contributed by atoms with Gasteiger partial charge in [-0.25, -0.2) is 8.42 Å². The molecule has 2 aromatic rings. The normalized spacial score (nSPS) is 11.4. The average Bonchev–Trinajstić information content (AvgIpc) is 2.54. The highest BCUT2D eigenvalue weighted by Gasteiger charge is 2.13. The van der Waals surface area contributed by atoms with Crippen LogP contribution in [-0.4, -0.2) is 32.5 Å². The minimum Gasteiger partial charge on any atom is -0.337 e. The first-order chi connectivity index (χ1) is 11.7. The van der Waals surface area contributed by atoms with Crippen molar-refractivity contribution in [3.05, 3.63) is 65.2 Å². The molecule has 0 spiro atoms. The number of amides is 1. The summed E-state index contributed by atoms with van der Waals surface area (Å²) in [6.07, 6.45) is 1.09. The molecule has 0 unspecified atom stereocenters. The van der Waals surface area contributed by atoms with Crippen molar-refractivity contribution < 1.29 is 13.2 Å². The quantitative estimate of drug-likeness (QED) is 0.858. The fourth-order valence-corrected chi connectivity index (χ4v) is 3.03. The van der Waals surface area contributed by atoms with Crippen molar-refractivity contribution >= 4 is 21.6 Å². The van der Waals surface area contributed by atoms with Gasteiger partial charge in [0.2, 0.25) is 10.0 Å². The Kier molecular flexibility index (Phi) is 5.85. The number of anilines is 1. The van der Waals surface area contributed by atoms with Crippen LogP contribution in [-0.2, 0) is 16.6 Å². The number of hydrogen-bond donors (Lipinski definition) is 1. The fraction of sp³-hybridized carbons (Fsp3) is 0.316. The molecule has 0 aliphatic heterocycles. The zero-order valence-electron chi connectivity index (χ0n) is 15.0. The van der Waals surface area contributed by atoms with Gasteiger partial charge in [-0.1, -0.05) is 38.1 Å². The SMILES string of the molecule is CC(C)c1ccc(CN(C)C(=O)c2ccc(NS(C)(=O)=O)cc2)cc1. The standard InChI is InChI=1S/C19H24N2O3S/c1-14(2)16-7-5-15(6-8-16)13-21(3)19(22)17-9-11-18(12-10-17)20-25(4,23)24/h5-12,14,20H,13H2,1-4H3. The Morgan fingerprint density at radius 2 is 1.60 bits per heavy atom. The van der Waals surface area contributed by atoms with E-state index in [1.54, 1.807) is 36.2 Å². The van der Waals surface area contributed by atoms with E-state index in [4.69, 9.17) is 0 Å². The van der Waals surface area contributed by atoms with E-state index in [1.165, 1.54) is 5.56 Å². The number of benzene rings is 2. The second kappa shape index (κ2) is 7.70. The van der Waals surface area contributed by atoms with E-state index in [1.807, 2.05) is 12.1 Å². The van der Waals surface area contributed by atoms with Crippen LogP contribution in [0.1, 0.15) is 41.3 Å². The van der Waals surface area contributed by atoms with Crippen LogP contribution in [0, 0.1) is 0 Å². The first-order valence-electron chi connectivity index (χ1n) is 8.08. The van der Waals surface area contributed by atoms with Crippen molar-refractivity contribution in [1.29, 1.82) is 0 Å². The number of hydrogen-bond acceptors (Lipinski definition) is 3. The van der Waals surface area contributed by atoms with Crippen LogP contribution in [0.5, 0.6) is 0 Å². The maximum Gasteiger partial charge on any atom is 0.253 e. The topological polar surface area (TPSA) is 66.5 Å². The molecule has 0 bridgehead atoms. The first kappa shape index (κ1) is 19.0. The van der Waals surface area contributed by atoms with Crippen LogP contribution in [0.4, 0.5) is 5.69 Å². The molecular formula is C19H24N2O3S. The van der Waals surface area contributed by atoms with Gasteiger partial charge in [-0.3, -0.25) is 9.52 Å². The summed E-state index contributed by atoms with van der Waals surface area (Å²) in [4.78, 5) is 14.2. The lowest BCUT2D eigenvalue weighted by atomic mass is 10.0. The highest BCUT2D eigenvalue weighted by atomic mass is 32.2. The van der Waals surface area contributed by atoms with E-state index in [-0.39, 0.29) is 5.91 Å². The van der Waals surface area contributed by atoms with Crippen molar-refractivity contribution in [2.45, 2.75) is 26.3 Å². The minimum atomic E-state index is -3.32. The molecule has 0 atom stereocenters. The molecule has 0 radical (unpaired) electrons. The van der Waals surface area contributed by atoms with Gasteiger partial charge in [0, 0.05) is 24.8 Å². The van der Waals surface area contributed by atoms with Crippen molar-refractivity contribution in [1.82, 2.24) is 4.90 Å². The molecule has 0 aliphatic carbocycles. The lowest BCUT2D eigenvalue weighted by molar-refractivity contribution is 0.0785. The molecule has 1 N–H and O–H groups in total. The number of sulfonamides is 1. The number of carbonyl (C=O) groups excluding carboxylic acids is 1. The van der Waals surface area contributed by atoms with Crippen molar-refractivity contribution in [3.63, 3.8) is 0 Å². The highest BCUT2D eigenvalue weighted by molar-refractivity contribution is 7.92. The van der Waals surface area contributed by atoms with Crippen LogP contribution in [0.2, 0.25) is 0 Å². The van der Waals surface area contributed by atoms with E-state index in [9.17, 15) is 13.2 Å². The molecule has 0 saturated carbocycles. The fourth-order valence-electron chi connectivity index (χ4n) is 2.47. The van der Waals surface area contributed by atoms with Crippen molar-refractivity contribution in [2.24, 2.45) is 0 Å². The van der Waals surface area contributed by atoms with Gasteiger partial charge < -0.3 is 4.90 Å². The molecule has 25 heavy (non-hydrogen) atoms. The van der Waals surface area contributed by atoms with Crippen molar-refractivity contribution in [2.75, 3.05) is 18.0 Å². The smallest absolute Gasteiger partial charge is 0.253 e. The third-order valence-corrected chi connectivity index (χ3v) is 4.45. The summed E-state index contributed by atoms with van der Waals surface area (Å²) in [6, 6.07) is 14.7. The Balaban J connectivity index is 2.04. The number of rotatable bonds is 6. The summed E-state index contributed by atoms with van der Waals surface area (Å²) < 4.78 is 24.8. The molecule has 1 amide bonds. The molecule has 134 valence electrons. The number of carbonyl (C=O) groups is 1. The Morgan fingerprint density at radius 1 is 1.04 bits per heavy atom. The number of nitrogens with one attached hydrogen (secondary N) is 1. The van der Waals surface area contributed by atoms with E-state index in [2.05, 4.69) is 30.7 Å². The van der Waals surface area contributed by atoms with Gasteiger partial charge in [0.25, 0.3) is 5.91 Å². The Hall–Kier alpha value is -2.34. The van der Waals surface area contributed by atoms with Crippen LogP contribution >= 0.6 is 0 Å². The van der Waals surface area contributed by atoms with Gasteiger partial charge in [-0.2, -0.15) is 0 Å². The van der Waals surface area contributed by atoms with E-state index in [0.717, 1.165) is 11.8 Å². The molecule has 0 aromatic heterocycles. The molecule has 0 saturated heterocycles. The van der Waals surface area contributed by atoms with Gasteiger partial charge >= 0.3 is 0 Å². The Bertz CT molecular complexity index is 826. The van der Waals surface area contributed by atoms with Crippen molar-refractivity contribution in [3.8, 4) is 0 Å². The summed E-state index contributed by atoms with van der Waals surface area (Å²) in [7, 11) is -1.57. The first-order valence-corrected chi connectivity index (χ1v) is 9.97. The van der Waals surface area contributed by atoms with Gasteiger partial charge in [-0.05, 0) is 41.3 Å². The zero-order valence-corrected chi connectivity index (χ0v) is 15.8. The lowest BCUT2D eigenvalue weighted by Gasteiger charge is -2.18. The minimum absolute atomic E-state index is 0.112. The second-order valence-electron chi connectivity index (χ2n) is 6.51. The van der Waals surface area contributed by atoms with Gasteiger partial charge in [0.05, 0.1) is 6.26 Å². The largest absolute Gasteiger partial charge is 0.337 e. The summed E-state index contributed by atoms with van der Waals surface area (Å²) in [6.45, 7) is 4.81. The van der Waals surface area contributed by atoms with Crippen LogP contribution in [0.25, 0.3) is 0 Å². The predicted octanol–water partition coefficient (Wildman–Crippen LogP) is 3.45. The summed E-state index contributed by atoms with van der Waals surface area (Å²) in [5.74, 6) is 0.367. The Morgan fingerprint density at radius 3 is 2.08 bits per heavy atom. The number of nitrogens with zero attached hydrogens (tertiary/aromatic N) is 1. The zero-order chi connectivity index (χ0) is 18.6. The van der Waals surface area contributed by atoms with Gasteiger partial charge in [0.1, 0.15) is 0 Å². The predicted molar refractivity (Wildman–Crippen MR) is 101 cm³/mol. The summed E-state index contributed by atoms with van der Waals surface area (Å²) in [5.41, 5.74) is 3.29. The average molecular weight is 360 g/mol. The van der Waals surface area contributed by atoms with Gasteiger partial charge in [-0.15, -0.1) is 0 Å². The van der Waals surface area contributed by atoms with E-state index in [0.29, 0.717) is 23.7 Å². The molecule has 6 heteroatoms. The molecule has 0 heterocycles. The highest BCUT2D eigenvalue weighted by Crippen LogP contribution is 2.17. The maximum atomic E-state index is 12.5. The molecular weight excluding hydrogens is 336 g/mol. The maximum absolute atomic E-state index is 12.5. The monoisotopic (exact) mass is 360 g/mol. The van der Waals surface area contributed by atoms with E-state index < -0.39 is 10.0 Å². The third-order valence-electron chi connectivity index (χ3n) is 3.85. The summed E-state index contributed by atoms with van der Waals surface area (Å²) in [5, 5.41) is 0. The lowest BCUT2D eigenvalue weighted by Crippen LogP contribution is -2.26. The molecule has 0 fully saturated rings. The molecule has 5 nitrogen and oxygen atoms in total. The molecule has 2 aromatic carbocycles. The molecule has 2 rings (SSSR count). The second-order valence-corrected chi connectivity index (χ2v) is 8.26. The summed E-state index contributed by atoms with van der Waals surface area (Å²) >= 11 is 0. The van der Waals surface area contributed by atoms with E-state index >= 15 is 0 Å². The molecule has 0 aliphatic rings.